The van der Waals surface area contributed by atoms with Gasteiger partial charge < -0.3 is 10.4 Å². The van der Waals surface area contributed by atoms with Crippen LogP contribution in [0.3, 0.4) is 0 Å². The molecular weight excluding hydrogens is 298 g/mol. The first-order valence-electron chi connectivity index (χ1n) is 5.79. The lowest BCUT2D eigenvalue weighted by Crippen LogP contribution is -2.20. The maximum atomic E-state index is 11.8. The molecule has 1 atom stereocenters. The molecule has 4 nitrogen and oxygen atoms in total. The third-order valence-electron chi connectivity index (χ3n) is 2.63. The first-order chi connectivity index (χ1) is 8.45. The lowest BCUT2D eigenvalue weighted by Gasteiger charge is -2.11. The Balaban J connectivity index is 2.82. The number of carboxylic acids is 1. The molecule has 0 fully saturated rings. The van der Waals surface area contributed by atoms with Gasteiger partial charge in [-0.15, -0.1) is 0 Å². The lowest BCUT2D eigenvalue weighted by molar-refractivity contribution is -0.119. The molecule has 18 heavy (non-hydrogen) atoms. The molecule has 0 aliphatic heterocycles. The molecule has 0 saturated heterocycles. The Morgan fingerprint density at radius 2 is 2.11 bits per heavy atom. The van der Waals surface area contributed by atoms with Crippen LogP contribution in [0.5, 0.6) is 0 Å². The number of hydrogen-bond acceptors (Lipinski definition) is 2. The molecule has 0 saturated carbocycles. The highest BCUT2D eigenvalue weighted by atomic mass is 79.9. The zero-order valence-electron chi connectivity index (χ0n) is 10.4. The van der Waals surface area contributed by atoms with E-state index in [1.54, 1.807) is 12.1 Å². The van der Waals surface area contributed by atoms with E-state index in [1.165, 1.54) is 6.07 Å². The van der Waals surface area contributed by atoms with Gasteiger partial charge in [0, 0.05) is 16.1 Å². The zero-order valence-corrected chi connectivity index (χ0v) is 12.0. The van der Waals surface area contributed by atoms with Gasteiger partial charge in [0.2, 0.25) is 5.91 Å². The average molecular weight is 314 g/mol. The molecule has 1 amide bonds. The summed E-state index contributed by atoms with van der Waals surface area (Å²) >= 11 is 3.16. The summed E-state index contributed by atoms with van der Waals surface area (Å²) in [6.45, 7) is 3.88. The molecule has 1 unspecified atom stereocenters. The van der Waals surface area contributed by atoms with Crippen molar-refractivity contribution in [1.29, 1.82) is 0 Å². The standard InChI is InChI=1S/C13H16BrNO3/c1-3-4-8(2)12(16)15-9-5-6-11(14)10(7-9)13(17)18/h5-8H,3-4H2,1-2H3,(H,15,16)(H,17,18). The van der Waals surface area contributed by atoms with Crippen LogP contribution >= 0.6 is 15.9 Å². The Kier molecular flexibility index (Phi) is 5.34. The Morgan fingerprint density at radius 1 is 1.44 bits per heavy atom. The number of anilines is 1. The van der Waals surface area contributed by atoms with Gasteiger partial charge in [-0.25, -0.2) is 4.79 Å². The van der Waals surface area contributed by atoms with E-state index in [0.29, 0.717) is 10.2 Å². The smallest absolute Gasteiger partial charge is 0.336 e. The zero-order chi connectivity index (χ0) is 13.7. The van der Waals surface area contributed by atoms with Crippen LogP contribution in [-0.4, -0.2) is 17.0 Å². The molecule has 98 valence electrons. The summed E-state index contributed by atoms with van der Waals surface area (Å²) < 4.78 is 0.495. The molecule has 0 aliphatic rings. The van der Waals surface area contributed by atoms with Crippen LogP contribution in [0.25, 0.3) is 0 Å². The molecule has 0 radical (unpaired) electrons. The van der Waals surface area contributed by atoms with E-state index in [0.717, 1.165) is 12.8 Å². The summed E-state index contributed by atoms with van der Waals surface area (Å²) in [6, 6.07) is 4.74. The van der Waals surface area contributed by atoms with Gasteiger partial charge in [-0.1, -0.05) is 20.3 Å². The number of halogens is 1. The SMILES string of the molecule is CCCC(C)C(=O)Nc1ccc(Br)c(C(=O)O)c1. The van der Waals surface area contributed by atoms with Crippen molar-refractivity contribution in [3.63, 3.8) is 0 Å². The number of carbonyl (C=O) groups is 2. The monoisotopic (exact) mass is 313 g/mol. The number of amides is 1. The van der Waals surface area contributed by atoms with E-state index in [2.05, 4.69) is 21.2 Å². The van der Waals surface area contributed by atoms with Crippen molar-refractivity contribution in [2.24, 2.45) is 5.92 Å². The lowest BCUT2D eigenvalue weighted by atomic mass is 10.1. The van der Waals surface area contributed by atoms with Gasteiger partial charge in [0.05, 0.1) is 5.56 Å². The van der Waals surface area contributed by atoms with Gasteiger partial charge in [0.25, 0.3) is 0 Å². The van der Waals surface area contributed by atoms with Crippen LogP contribution in [0.4, 0.5) is 5.69 Å². The largest absolute Gasteiger partial charge is 0.478 e. The maximum Gasteiger partial charge on any atom is 0.336 e. The first kappa shape index (κ1) is 14.7. The second kappa shape index (κ2) is 6.54. The van der Waals surface area contributed by atoms with Crippen molar-refractivity contribution < 1.29 is 14.7 Å². The van der Waals surface area contributed by atoms with Gasteiger partial charge >= 0.3 is 5.97 Å². The summed E-state index contributed by atoms with van der Waals surface area (Å²) in [5.41, 5.74) is 0.638. The predicted molar refractivity (Wildman–Crippen MR) is 73.8 cm³/mol. The summed E-state index contributed by atoms with van der Waals surface area (Å²) in [7, 11) is 0. The van der Waals surface area contributed by atoms with Crippen LogP contribution in [0.2, 0.25) is 0 Å². The van der Waals surface area contributed by atoms with Gasteiger partial charge in [-0.3, -0.25) is 4.79 Å². The minimum atomic E-state index is -1.03. The Bertz CT molecular complexity index is 460. The van der Waals surface area contributed by atoms with Crippen molar-refractivity contribution in [3.05, 3.63) is 28.2 Å². The van der Waals surface area contributed by atoms with Gasteiger partial charge in [0.1, 0.15) is 0 Å². The van der Waals surface area contributed by atoms with Crippen LogP contribution in [0.15, 0.2) is 22.7 Å². The highest BCUT2D eigenvalue weighted by Crippen LogP contribution is 2.21. The van der Waals surface area contributed by atoms with E-state index in [9.17, 15) is 9.59 Å². The number of carbonyl (C=O) groups excluding carboxylic acids is 1. The third kappa shape index (κ3) is 3.84. The normalized spacial score (nSPS) is 11.9. The summed E-state index contributed by atoms with van der Waals surface area (Å²) in [5, 5.41) is 11.7. The fraction of sp³-hybridized carbons (Fsp3) is 0.385. The molecule has 0 aliphatic carbocycles. The number of hydrogen-bond donors (Lipinski definition) is 2. The average Bonchev–Trinajstić information content (AvgIpc) is 2.31. The maximum absolute atomic E-state index is 11.8. The van der Waals surface area contributed by atoms with E-state index < -0.39 is 5.97 Å². The summed E-state index contributed by atoms with van der Waals surface area (Å²) in [6.07, 6.45) is 1.75. The van der Waals surface area contributed by atoms with Crippen molar-refractivity contribution in [2.75, 3.05) is 5.32 Å². The van der Waals surface area contributed by atoms with E-state index >= 15 is 0 Å². The number of rotatable bonds is 5. The summed E-state index contributed by atoms with van der Waals surface area (Å²) in [4.78, 5) is 22.8. The second-order valence-corrected chi connectivity index (χ2v) is 5.03. The molecule has 2 N–H and O–H groups in total. The van der Waals surface area contributed by atoms with E-state index in [1.807, 2.05) is 13.8 Å². The van der Waals surface area contributed by atoms with E-state index in [-0.39, 0.29) is 17.4 Å². The molecule has 0 aromatic heterocycles. The Hall–Kier alpha value is -1.36. The highest BCUT2D eigenvalue weighted by Gasteiger charge is 2.14. The predicted octanol–water partition coefficient (Wildman–Crippen LogP) is 3.52. The molecule has 1 rings (SSSR count). The summed E-state index contributed by atoms with van der Waals surface area (Å²) in [5.74, 6) is -1.19. The van der Waals surface area contributed by atoms with Crippen LogP contribution in [0, 0.1) is 5.92 Å². The van der Waals surface area contributed by atoms with Crippen LogP contribution < -0.4 is 5.32 Å². The molecule has 0 bridgehead atoms. The van der Waals surface area contributed by atoms with Crippen molar-refractivity contribution in [2.45, 2.75) is 26.7 Å². The number of benzene rings is 1. The number of nitrogens with one attached hydrogen (secondary N) is 1. The van der Waals surface area contributed by atoms with Crippen molar-refractivity contribution >= 4 is 33.5 Å². The fourth-order valence-electron chi connectivity index (χ4n) is 1.60. The van der Waals surface area contributed by atoms with Gasteiger partial charge in [-0.05, 0) is 40.5 Å². The number of aromatic carboxylic acids is 1. The van der Waals surface area contributed by atoms with Crippen LogP contribution in [0.1, 0.15) is 37.0 Å². The highest BCUT2D eigenvalue weighted by molar-refractivity contribution is 9.10. The Morgan fingerprint density at radius 3 is 2.67 bits per heavy atom. The number of carboxylic acid groups (broad SMARTS) is 1. The molecular formula is C13H16BrNO3. The fourth-order valence-corrected chi connectivity index (χ4v) is 2.01. The molecule has 5 heteroatoms. The Labute approximate surface area is 115 Å². The topological polar surface area (TPSA) is 66.4 Å². The van der Waals surface area contributed by atoms with Gasteiger partial charge in [0.15, 0.2) is 0 Å². The van der Waals surface area contributed by atoms with Gasteiger partial charge in [-0.2, -0.15) is 0 Å². The molecule has 0 heterocycles. The molecule has 1 aromatic rings. The van der Waals surface area contributed by atoms with Crippen molar-refractivity contribution in [1.82, 2.24) is 0 Å². The first-order valence-corrected chi connectivity index (χ1v) is 6.58. The molecule has 1 aromatic carbocycles. The van der Waals surface area contributed by atoms with E-state index in [4.69, 9.17) is 5.11 Å². The second-order valence-electron chi connectivity index (χ2n) is 4.18. The minimum absolute atomic E-state index is 0.0769. The molecule has 0 spiro atoms. The third-order valence-corrected chi connectivity index (χ3v) is 3.33. The van der Waals surface area contributed by atoms with Crippen LogP contribution in [-0.2, 0) is 4.79 Å². The quantitative estimate of drug-likeness (QED) is 0.874. The van der Waals surface area contributed by atoms with Crippen molar-refractivity contribution in [3.8, 4) is 0 Å². The minimum Gasteiger partial charge on any atom is -0.478 e.